The van der Waals surface area contributed by atoms with E-state index >= 15 is 0 Å². The minimum Gasteiger partial charge on any atom is -0.477 e. The summed E-state index contributed by atoms with van der Waals surface area (Å²) in [7, 11) is -2.07. The number of sulfonamides is 1. The molecular formula is C18H23N3O4S. The Morgan fingerprint density at radius 1 is 1.15 bits per heavy atom. The number of benzene rings is 1. The molecule has 0 bridgehead atoms. The Balaban J connectivity index is 1.79. The van der Waals surface area contributed by atoms with Gasteiger partial charge in [0.2, 0.25) is 10.0 Å². The summed E-state index contributed by atoms with van der Waals surface area (Å²) >= 11 is 0. The van der Waals surface area contributed by atoms with E-state index in [4.69, 9.17) is 9.47 Å². The van der Waals surface area contributed by atoms with Crippen molar-refractivity contribution >= 4 is 10.0 Å². The van der Waals surface area contributed by atoms with E-state index in [1.165, 1.54) is 23.8 Å². The van der Waals surface area contributed by atoms with Crippen LogP contribution in [0.25, 0.3) is 0 Å². The van der Waals surface area contributed by atoms with Crippen LogP contribution in [0, 0.1) is 13.8 Å². The van der Waals surface area contributed by atoms with Gasteiger partial charge in [0.15, 0.2) is 0 Å². The fourth-order valence-electron chi connectivity index (χ4n) is 3.14. The summed E-state index contributed by atoms with van der Waals surface area (Å²) in [6.07, 6.45) is 4.21. The summed E-state index contributed by atoms with van der Waals surface area (Å²) in [6.45, 7) is 4.52. The Morgan fingerprint density at radius 2 is 1.88 bits per heavy atom. The van der Waals surface area contributed by atoms with Crippen LogP contribution >= 0.6 is 0 Å². The average Bonchev–Trinajstić information content (AvgIpc) is 2.62. The smallest absolute Gasteiger partial charge is 0.278 e. The zero-order valence-corrected chi connectivity index (χ0v) is 16.0. The molecule has 140 valence electrons. The highest BCUT2D eigenvalue weighted by Gasteiger charge is 2.32. The molecule has 0 amide bonds. The number of hydrogen-bond donors (Lipinski definition) is 0. The maximum Gasteiger partial charge on any atom is 0.278 e. The lowest BCUT2D eigenvalue weighted by Crippen LogP contribution is -2.44. The molecule has 2 heterocycles. The standard InChI is InChI=1S/C18H23N3O4S/c1-13-6-7-16(14(2)11-13)26(22,23)21-10-4-5-15(12-21)25-18-17(24-3)19-8-9-20-18/h6-9,11,15H,4-5,10,12H2,1-3H3. The molecule has 0 aliphatic carbocycles. The Kier molecular flexibility index (Phi) is 5.43. The van der Waals surface area contributed by atoms with Gasteiger partial charge in [0.1, 0.15) is 6.10 Å². The Hall–Kier alpha value is -2.19. The maximum atomic E-state index is 13.1. The lowest BCUT2D eigenvalue weighted by atomic mass is 10.1. The molecule has 1 unspecified atom stereocenters. The molecule has 8 heteroatoms. The van der Waals surface area contributed by atoms with Crippen molar-refractivity contribution in [1.82, 2.24) is 14.3 Å². The molecule has 1 aromatic heterocycles. The minimum atomic E-state index is -3.56. The predicted molar refractivity (Wildman–Crippen MR) is 96.9 cm³/mol. The van der Waals surface area contributed by atoms with Gasteiger partial charge in [-0.25, -0.2) is 18.4 Å². The third-order valence-electron chi connectivity index (χ3n) is 4.39. The van der Waals surface area contributed by atoms with Crippen LogP contribution < -0.4 is 9.47 Å². The van der Waals surface area contributed by atoms with Crippen LogP contribution in [0.4, 0.5) is 0 Å². The first-order valence-electron chi connectivity index (χ1n) is 8.51. The first kappa shape index (κ1) is 18.6. The summed E-state index contributed by atoms with van der Waals surface area (Å²) in [4.78, 5) is 8.54. The molecule has 0 radical (unpaired) electrons. The monoisotopic (exact) mass is 377 g/mol. The van der Waals surface area contributed by atoms with Gasteiger partial charge in [-0.3, -0.25) is 0 Å². The second-order valence-corrected chi connectivity index (χ2v) is 8.29. The van der Waals surface area contributed by atoms with E-state index in [2.05, 4.69) is 9.97 Å². The van der Waals surface area contributed by atoms with E-state index in [9.17, 15) is 8.42 Å². The third-order valence-corrected chi connectivity index (χ3v) is 6.42. The molecule has 3 rings (SSSR count). The highest BCUT2D eigenvalue weighted by Crippen LogP contribution is 2.27. The van der Waals surface area contributed by atoms with Crippen molar-refractivity contribution in [3.05, 3.63) is 41.7 Å². The van der Waals surface area contributed by atoms with Gasteiger partial charge in [-0.1, -0.05) is 17.7 Å². The second kappa shape index (κ2) is 7.59. The van der Waals surface area contributed by atoms with Gasteiger partial charge in [0, 0.05) is 18.9 Å². The Labute approximate surface area is 154 Å². The molecule has 1 aliphatic heterocycles. The van der Waals surface area contributed by atoms with E-state index in [1.54, 1.807) is 6.07 Å². The van der Waals surface area contributed by atoms with E-state index in [0.717, 1.165) is 24.0 Å². The van der Waals surface area contributed by atoms with Gasteiger partial charge in [0.25, 0.3) is 11.8 Å². The molecule has 0 N–H and O–H groups in total. The number of ether oxygens (including phenoxy) is 2. The zero-order chi connectivity index (χ0) is 18.7. The first-order chi connectivity index (χ1) is 12.4. The van der Waals surface area contributed by atoms with E-state index in [-0.39, 0.29) is 18.5 Å². The molecule has 0 saturated carbocycles. The van der Waals surface area contributed by atoms with Gasteiger partial charge < -0.3 is 9.47 Å². The molecule has 7 nitrogen and oxygen atoms in total. The molecule has 1 atom stereocenters. The quantitative estimate of drug-likeness (QED) is 0.795. The Morgan fingerprint density at radius 3 is 2.58 bits per heavy atom. The van der Waals surface area contributed by atoms with Gasteiger partial charge in [-0.05, 0) is 38.3 Å². The summed E-state index contributed by atoms with van der Waals surface area (Å²) in [5.41, 5.74) is 1.79. The average molecular weight is 377 g/mol. The molecule has 1 aliphatic rings. The fourth-order valence-corrected chi connectivity index (χ4v) is 4.85. The van der Waals surface area contributed by atoms with Crippen LogP contribution in [0.3, 0.4) is 0 Å². The summed E-state index contributed by atoms with van der Waals surface area (Å²) < 4.78 is 38.6. The van der Waals surface area contributed by atoms with Crippen molar-refractivity contribution in [2.24, 2.45) is 0 Å². The molecule has 1 fully saturated rings. The lowest BCUT2D eigenvalue weighted by Gasteiger charge is -2.32. The fraction of sp³-hybridized carbons (Fsp3) is 0.444. The normalized spacial score (nSPS) is 18.5. The number of rotatable bonds is 5. The van der Waals surface area contributed by atoms with Crippen molar-refractivity contribution in [3.63, 3.8) is 0 Å². The molecular weight excluding hydrogens is 354 g/mol. The SMILES string of the molecule is COc1nccnc1OC1CCCN(S(=O)(=O)c2ccc(C)cc2C)C1. The lowest BCUT2D eigenvalue weighted by molar-refractivity contribution is 0.119. The van der Waals surface area contributed by atoms with Crippen LogP contribution in [0.2, 0.25) is 0 Å². The van der Waals surface area contributed by atoms with Gasteiger partial charge in [-0.2, -0.15) is 4.31 Å². The van der Waals surface area contributed by atoms with E-state index < -0.39 is 10.0 Å². The van der Waals surface area contributed by atoms with Crippen molar-refractivity contribution in [2.75, 3.05) is 20.2 Å². The van der Waals surface area contributed by atoms with Gasteiger partial charge in [0.05, 0.1) is 18.6 Å². The first-order valence-corrected chi connectivity index (χ1v) is 9.95. The minimum absolute atomic E-state index is 0.273. The van der Waals surface area contributed by atoms with Crippen LogP contribution in [-0.4, -0.2) is 49.0 Å². The van der Waals surface area contributed by atoms with Crippen molar-refractivity contribution < 1.29 is 17.9 Å². The van der Waals surface area contributed by atoms with E-state index in [1.807, 2.05) is 26.0 Å². The van der Waals surface area contributed by atoms with Crippen molar-refractivity contribution in [2.45, 2.75) is 37.7 Å². The number of piperidine rings is 1. The predicted octanol–water partition coefficient (Wildman–Crippen LogP) is 2.33. The Bertz CT molecular complexity index is 886. The molecule has 0 spiro atoms. The highest BCUT2D eigenvalue weighted by molar-refractivity contribution is 7.89. The van der Waals surface area contributed by atoms with Crippen molar-refractivity contribution in [1.29, 1.82) is 0 Å². The van der Waals surface area contributed by atoms with Crippen LogP contribution in [-0.2, 0) is 10.0 Å². The largest absolute Gasteiger partial charge is 0.477 e. The summed E-state index contributed by atoms with van der Waals surface area (Å²) in [5, 5.41) is 0. The number of aryl methyl sites for hydroxylation is 2. The summed E-state index contributed by atoms with van der Waals surface area (Å²) in [5.74, 6) is 0.577. The summed E-state index contributed by atoms with van der Waals surface area (Å²) in [6, 6.07) is 5.38. The number of nitrogens with zero attached hydrogens (tertiary/aromatic N) is 3. The molecule has 26 heavy (non-hydrogen) atoms. The molecule has 1 saturated heterocycles. The molecule has 2 aromatic rings. The second-order valence-electron chi connectivity index (χ2n) is 6.38. The number of aromatic nitrogens is 2. The van der Waals surface area contributed by atoms with Gasteiger partial charge >= 0.3 is 0 Å². The highest BCUT2D eigenvalue weighted by atomic mass is 32.2. The third kappa shape index (κ3) is 3.81. The van der Waals surface area contributed by atoms with Gasteiger partial charge in [-0.15, -0.1) is 0 Å². The topological polar surface area (TPSA) is 81.6 Å². The van der Waals surface area contributed by atoms with Crippen LogP contribution in [0.5, 0.6) is 11.8 Å². The van der Waals surface area contributed by atoms with Crippen LogP contribution in [0.15, 0.2) is 35.5 Å². The number of hydrogen-bond acceptors (Lipinski definition) is 6. The zero-order valence-electron chi connectivity index (χ0n) is 15.2. The van der Waals surface area contributed by atoms with Crippen molar-refractivity contribution in [3.8, 4) is 11.8 Å². The van der Waals surface area contributed by atoms with Crippen LogP contribution in [0.1, 0.15) is 24.0 Å². The maximum absolute atomic E-state index is 13.1. The number of methoxy groups -OCH3 is 1. The molecule has 1 aromatic carbocycles. The van der Waals surface area contributed by atoms with E-state index in [0.29, 0.717) is 17.3 Å².